The zero-order chi connectivity index (χ0) is 23.1. The molecule has 0 bridgehead atoms. The Morgan fingerprint density at radius 3 is 2.44 bits per heavy atom. The van der Waals surface area contributed by atoms with E-state index in [0.29, 0.717) is 19.5 Å². The smallest absolute Gasteiger partial charge is 0.303 e. The first-order valence-corrected chi connectivity index (χ1v) is 11.7. The summed E-state index contributed by atoms with van der Waals surface area (Å²) in [7, 11) is 0. The zero-order valence-electron chi connectivity index (χ0n) is 18.5. The summed E-state index contributed by atoms with van der Waals surface area (Å²) >= 11 is 0. The van der Waals surface area contributed by atoms with Gasteiger partial charge in [-0.25, -0.2) is 0 Å². The van der Waals surface area contributed by atoms with Gasteiger partial charge in [0.05, 0.1) is 6.54 Å². The highest BCUT2D eigenvalue weighted by atomic mass is 16.4. The normalized spacial score (nSPS) is 24.6. The highest BCUT2D eigenvalue weighted by Gasteiger charge is 2.39. The summed E-state index contributed by atoms with van der Waals surface area (Å²) in [5.74, 6) is -1.96. The Morgan fingerprint density at radius 2 is 1.75 bits per heavy atom. The number of carboxylic acid groups (broad SMARTS) is 1. The lowest BCUT2D eigenvalue weighted by Crippen LogP contribution is -2.64. The summed E-state index contributed by atoms with van der Waals surface area (Å²) in [4.78, 5) is 65.0. The minimum absolute atomic E-state index is 0.0244. The van der Waals surface area contributed by atoms with Crippen molar-refractivity contribution in [3.8, 4) is 0 Å². The molecule has 3 aliphatic rings. The molecule has 0 unspecified atom stereocenters. The molecule has 1 saturated carbocycles. The van der Waals surface area contributed by atoms with Crippen molar-refractivity contribution in [1.29, 1.82) is 0 Å². The molecule has 2 atom stereocenters. The number of amides is 4. The van der Waals surface area contributed by atoms with Gasteiger partial charge in [0, 0.05) is 38.4 Å². The molecular formula is C22H34N4O6. The third-order valence-electron chi connectivity index (χ3n) is 6.65. The lowest BCUT2D eigenvalue weighted by molar-refractivity contribution is -0.151. The van der Waals surface area contributed by atoms with Crippen LogP contribution in [0, 0.1) is 5.92 Å². The van der Waals surface area contributed by atoms with Crippen LogP contribution in [0.15, 0.2) is 0 Å². The molecule has 32 heavy (non-hydrogen) atoms. The van der Waals surface area contributed by atoms with E-state index in [0.717, 1.165) is 38.5 Å². The predicted octanol–water partition coefficient (Wildman–Crippen LogP) is 0.256. The van der Waals surface area contributed by atoms with Crippen molar-refractivity contribution in [3.05, 3.63) is 0 Å². The first-order valence-electron chi connectivity index (χ1n) is 11.7. The number of hydrogen-bond donors (Lipinski definition) is 3. The summed E-state index contributed by atoms with van der Waals surface area (Å²) in [5, 5.41) is 14.3. The maximum Gasteiger partial charge on any atom is 0.303 e. The van der Waals surface area contributed by atoms with E-state index in [4.69, 9.17) is 5.11 Å². The SMILES string of the molecule is O=C(O)CCCC(=O)N1CCN(C(=O)C2CCCCC2)C[C@@H]1C(=O)N[C@H]1CCCNC1=O. The first-order chi connectivity index (χ1) is 15.4. The van der Waals surface area contributed by atoms with Crippen molar-refractivity contribution in [1.82, 2.24) is 20.4 Å². The van der Waals surface area contributed by atoms with Crippen molar-refractivity contribution in [2.24, 2.45) is 5.92 Å². The van der Waals surface area contributed by atoms with Crippen LogP contribution in [0.2, 0.25) is 0 Å². The molecule has 10 heteroatoms. The molecule has 178 valence electrons. The van der Waals surface area contributed by atoms with E-state index in [1.807, 2.05) is 0 Å². The molecule has 3 N–H and O–H groups in total. The maximum absolute atomic E-state index is 13.1. The molecule has 1 aliphatic carbocycles. The number of nitrogens with one attached hydrogen (secondary N) is 2. The van der Waals surface area contributed by atoms with Crippen LogP contribution in [0.4, 0.5) is 0 Å². The Bertz CT molecular complexity index is 736. The Morgan fingerprint density at radius 1 is 1.00 bits per heavy atom. The van der Waals surface area contributed by atoms with Crippen LogP contribution in [0.5, 0.6) is 0 Å². The van der Waals surface area contributed by atoms with E-state index in [1.165, 1.54) is 4.90 Å². The second-order valence-electron chi connectivity index (χ2n) is 8.96. The Kier molecular flexibility index (Phi) is 8.46. The average molecular weight is 451 g/mol. The van der Waals surface area contributed by atoms with Gasteiger partial charge >= 0.3 is 5.97 Å². The van der Waals surface area contributed by atoms with Gasteiger partial charge in [0.2, 0.25) is 23.6 Å². The minimum atomic E-state index is -0.974. The third kappa shape index (κ3) is 6.20. The summed E-state index contributed by atoms with van der Waals surface area (Å²) in [6.07, 6.45) is 6.27. The fourth-order valence-electron chi connectivity index (χ4n) is 4.83. The molecule has 0 aromatic carbocycles. The molecule has 0 spiro atoms. The molecule has 4 amide bonds. The van der Waals surface area contributed by atoms with Gasteiger partial charge in [-0.1, -0.05) is 19.3 Å². The van der Waals surface area contributed by atoms with Crippen LogP contribution >= 0.6 is 0 Å². The van der Waals surface area contributed by atoms with E-state index in [1.54, 1.807) is 4.90 Å². The van der Waals surface area contributed by atoms with Gasteiger partial charge in [-0.05, 0) is 32.1 Å². The van der Waals surface area contributed by atoms with Crippen LogP contribution in [0.1, 0.15) is 64.2 Å². The van der Waals surface area contributed by atoms with Crippen molar-refractivity contribution in [2.45, 2.75) is 76.3 Å². The number of hydrogen-bond acceptors (Lipinski definition) is 5. The van der Waals surface area contributed by atoms with Gasteiger partial charge in [-0.15, -0.1) is 0 Å². The third-order valence-corrected chi connectivity index (χ3v) is 6.65. The standard InChI is InChI=1S/C22H34N4O6/c27-18(9-4-10-19(28)29)26-13-12-25(22(32)15-6-2-1-3-7-15)14-17(26)21(31)24-16-8-5-11-23-20(16)30/h15-17H,1-14H2,(H,23,30)(H,24,31)(H,28,29)/t16-,17+/m0/s1. The van der Waals surface area contributed by atoms with Crippen LogP contribution in [-0.2, 0) is 24.0 Å². The minimum Gasteiger partial charge on any atom is -0.481 e. The van der Waals surface area contributed by atoms with Crippen molar-refractivity contribution in [2.75, 3.05) is 26.2 Å². The molecule has 0 radical (unpaired) electrons. The number of aliphatic carboxylic acids is 1. The fourth-order valence-corrected chi connectivity index (χ4v) is 4.83. The molecular weight excluding hydrogens is 416 g/mol. The highest BCUT2D eigenvalue weighted by Crippen LogP contribution is 2.26. The molecule has 10 nitrogen and oxygen atoms in total. The van der Waals surface area contributed by atoms with Crippen LogP contribution in [-0.4, -0.2) is 82.8 Å². The van der Waals surface area contributed by atoms with E-state index >= 15 is 0 Å². The topological polar surface area (TPSA) is 136 Å². The predicted molar refractivity (Wildman–Crippen MR) is 114 cm³/mol. The lowest BCUT2D eigenvalue weighted by Gasteiger charge is -2.42. The van der Waals surface area contributed by atoms with Gasteiger partial charge in [0.25, 0.3) is 0 Å². The van der Waals surface area contributed by atoms with E-state index in [-0.39, 0.29) is 56.0 Å². The van der Waals surface area contributed by atoms with Crippen molar-refractivity contribution in [3.63, 3.8) is 0 Å². The Labute approximate surface area is 188 Å². The second-order valence-corrected chi connectivity index (χ2v) is 8.96. The highest BCUT2D eigenvalue weighted by molar-refractivity contribution is 5.93. The Balaban J connectivity index is 1.68. The quantitative estimate of drug-likeness (QED) is 0.509. The molecule has 0 aromatic heterocycles. The summed E-state index contributed by atoms with van der Waals surface area (Å²) < 4.78 is 0. The number of nitrogens with zero attached hydrogens (tertiary/aromatic N) is 2. The number of carbonyl (C=O) groups excluding carboxylic acids is 4. The zero-order valence-corrected chi connectivity index (χ0v) is 18.5. The summed E-state index contributed by atoms with van der Waals surface area (Å²) in [6, 6.07) is -1.53. The number of carboxylic acids is 1. The van der Waals surface area contributed by atoms with Crippen molar-refractivity contribution < 1.29 is 29.1 Å². The number of piperidine rings is 1. The molecule has 0 aromatic rings. The Hall–Kier alpha value is -2.65. The van der Waals surface area contributed by atoms with Crippen LogP contribution in [0.25, 0.3) is 0 Å². The summed E-state index contributed by atoms with van der Waals surface area (Å²) in [6.45, 7) is 1.25. The molecule has 2 saturated heterocycles. The lowest BCUT2D eigenvalue weighted by atomic mass is 9.88. The van der Waals surface area contributed by atoms with E-state index in [2.05, 4.69) is 10.6 Å². The number of carbonyl (C=O) groups is 5. The molecule has 2 heterocycles. The van der Waals surface area contributed by atoms with E-state index in [9.17, 15) is 24.0 Å². The van der Waals surface area contributed by atoms with Crippen LogP contribution in [0.3, 0.4) is 0 Å². The van der Waals surface area contributed by atoms with E-state index < -0.39 is 24.0 Å². The number of piperazine rings is 1. The summed E-state index contributed by atoms with van der Waals surface area (Å²) in [5.41, 5.74) is 0. The average Bonchev–Trinajstić information content (AvgIpc) is 2.80. The van der Waals surface area contributed by atoms with Gasteiger partial charge in [0.1, 0.15) is 12.1 Å². The fraction of sp³-hybridized carbons (Fsp3) is 0.773. The van der Waals surface area contributed by atoms with Gasteiger partial charge in [0.15, 0.2) is 0 Å². The molecule has 2 aliphatic heterocycles. The monoisotopic (exact) mass is 450 g/mol. The largest absolute Gasteiger partial charge is 0.481 e. The van der Waals surface area contributed by atoms with Gasteiger partial charge in [-0.3, -0.25) is 24.0 Å². The molecule has 3 fully saturated rings. The van der Waals surface area contributed by atoms with Gasteiger partial charge in [-0.2, -0.15) is 0 Å². The first kappa shape index (κ1) is 24.0. The van der Waals surface area contributed by atoms with Crippen LogP contribution < -0.4 is 10.6 Å². The second kappa shape index (κ2) is 11.3. The van der Waals surface area contributed by atoms with Gasteiger partial charge < -0.3 is 25.5 Å². The number of rotatable bonds is 7. The molecule has 3 rings (SSSR count). The maximum atomic E-state index is 13.1. The van der Waals surface area contributed by atoms with Crippen molar-refractivity contribution >= 4 is 29.6 Å².